The first-order valence-corrected chi connectivity index (χ1v) is 7.30. The molecule has 1 aliphatic heterocycles. The van der Waals surface area contributed by atoms with Crippen molar-refractivity contribution in [3.05, 3.63) is 22.2 Å². The van der Waals surface area contributed by atoms with Crippen molar-refractivity contribution < 1.29 is 9.53 Å². The third kappa shape index (κ3) is 3.09. The number of halogens is 1. The number of ether oxygens (including phenoxy) is 1. The van der Waals surface area contributed by atoms with E-state index in [0.717, 1.165) is 22.9 Å². The van der Waals surface area contributed by atoms with Gasteiger partial charge in [-0.15, -0.1) is 0 Å². The largest absolute Gasteiger partial charge is 0.397 e. The molecule has 1 aromatic carbocycles. The van der Waals surface area contributed by atoms with Crippen LogP contribution in [0.4, 0.5) is 11.4 Å². The molecule has 0 radical (unpaired) electrons. The Morgan fingerprint density at radius 1 is 1.58 bits per heavy atom. The maximum Gasteiger partial charge on any atom is 0.230 e. The number of carbonyl (C=O) groups is 1. The summed E-state index contributed by atoms with van der Waals surface area (Å²) in [6.45, 7) is 4.63. The zero-order chi connectivity index (χ0) is 14.0. The van der Waals surface area contributed by atoms with E-state index in [1.807, 2.05) is 19.9 Å². The highest BCUT2D eigenvalue weighted by Crippen LogP contribution is 2.30. The summed E-state index contributed by atoms with van der Waals surface area (Å²) >= 11 is 3.39. The second kappa shape index (κ2) is 5.92. The Hall–Kier alpha value is -1.07. The fraction of sp³-hybridized carbons (Fsp3) is 0.500. The van der Waals surface area contributed by atoms with Gasteiger partial charge in [-0.1, -0.05) is 22.9 Å². The minimum Gasteiger partial charge on any atom is -0.397 e. The Morgan fingerprint density at radius 2 is 2.32 bits per heavy atom. The first-order valence-electron chi connectivity index (χ1n) is 6.51. The lowest BCUT2D eigenvalue weighted by molar-refractivity contribution is -0.121. The topological polar surface area (TPSA) is 64.3 Å². The van der Waals surface area contributed by atoms with Gasteiger partial charge in [-0.25, -0.2) is 0 Å². The average molecular weight is 327 g/mol. The van der Waals surface area contributed by atoms with Gasteiger partial charge < -0.3 is 15.8 Å². The van der Waals surface area contributed by atoms with Crippen LogP contribution >= 0.6 is 15.9 Å². The molecule has 0 spiro atoms. The highest BCUT2D eigenvalue weighted by Gasteiger charge is 2.33. The number of carbonyl (C=O) groups excluding carboxylic acids is 1. The van der Waals surface area contributed by atoms with Gasteiger partial charge in [-0.05, 0) is 37.5 Å². The highest BCUT2D eigenvalue weighted by molar-refractivity contribution is 9.10. The monoisotopic (exact) mass is 326 g/mol. The molecule has 19 heavy (non-hydrogen) atoms. The van der Waals surface area contributed by atoms with Gasteiger partial charge in [0, 0.05) is 11.1 Å². The number of anilines is 2. The summed E-state index contributed by atoms with van der Waals surface area (Å²) in [5, 5.41) is 2.95. The van der Waals surface area contributed by atoms with Gasteiger partial charge in [0.2, 0.25) is 5.91 Å². The molecule has 2 atom stereocenters. The van der Waals surface area contributed by atoms with Crippen LogP contribution < -0.4 is 11.1 Å². The molecule has 1 fully saturated rings. The van der Waals surface area contributed by atoms with Crippen LogP contribution in [0.1, 0.15) is 25.3 Å². The van der Waals surface area contributed by atoms with Gasteiger partial charge in [0.15, 0.2) is 0 Å². The summed E-state index contributed by atoms with van der Waals surface area (Å²) in [6, 6.07) is 3.74. The third-order valence-corrected chi connectivity index (χ3v) is 3.99. The van der Waals surface area contributed by atoms with Gasteiger partial charge >= 0.3 is 0 Å². The molecule has 0 aliphatic carbocycles. The van der Waals surface area contributed by atoms with Gasteiger partial charge in [0.1, 0.15) is 0 Å². The van der Waals surface area contributed by atoms with Crippen LogP contribution in [0.5, 0.6) is 0 Å². The Morgan fingerprint density at radius 3 is 2.95 bits per heavy atom. The van der Waals surface area contributed by atoms with E-state index in [4.69, 9.17) is 10.5 Å². The molecule has 0 saturated carbocycles. The smallest absolute Gasteiger partial charge is 0.230 e. The van der Waals surface area contributed by atoms with Crippen LogP contribution in [-0.2, 0) is 9.53 Å². The lowest BCUT2D eigenvalue weighted by Crippen LogP contribution is -2.29. The summed E-state index contributed by atoms with van der Waals surface area (Å²) in [7, 11) is 0. The van der Waals surface area contributed by atoms with E-state index >= 15 is 0 Å². The number of benzene rings is 1. The molecule has 0 bridgehead atoms. The van der Waals surface area contributed by atoms with Crippen molar-refractivity contribution in [1.29, 1.82) is 0 Å². The summed E-state index contributed by atoms with van der Waals surface area (Å²) in [6.07, 6.45) is 1.66. The molecule has 1 aliphatic rings. The van der Waals surface area contributed by atoms with E-state index in [1.165, 1.54) is 0 Å². The predicted molar refractivity (Wildman–Crippen MR) is 80.1 cm³/mol. The molecule has 3 N–H and O–H groups in total. The van der Waals surface area contributed by atoms with Crippen LogP contribution in [0.15, 0.2) is 16.6 Å². The van der Waals surface area contributed by atoms with Crippen molar-refractivity contribution in [3.8, 4) is 0 Å². The number of hydrogen-bond donors (Lipinski definition) is 2. The van der Waals surface area contributed by atoms with Gasteiger partial charge in [-0.3, -0.25) is 4.79 Å². The number of aryl methyl sites for hydroxylation is 1. The number of nitrogens with two attached hydrogens (primary N) is 1. The Labute approximate surface area is 121 Å². The van der Waals surface area contributed by atoms with E-state index in [0.29, 0.717) is 18.0 Å². The number of nitrogens with one attached hydrogen (secondary N) is 1. The maximum atomic E-state index is 12.3. The Kier molecular flexibility index (Phi) is 4.47. The highest BCUT2D eigenvalue weighted by atomic mass is 79.9. The van der Waals surface area contributed by atoms with E-state index in [2.05, 4.69) is 21.2 Å². The molecular formula is C14H19BrN2O2. The number of hydrogen-bond acceptors (Lipinski definition) is 3. The average Bonchev–Trinajstić information content (AvgIpc) is 2.81. The normalized spacial score (nSPS) is 22.5. The summed E-state index contributed by atoms with van der Waals surface area (Å²) in [5.41, 5.74) is 8.19. The molecule has 1 aromatic rings. The molecule has 4 nitrogen and oxygen atoms in total. The molecule has 0 aromatic heterocycles. The second-order valence-electron chi connectivity index (χ2n) is 4.89. The van der Waals surface area contributed by atoms with Crippen LogP contribution in [0.25, 0.3) is 0 Å². The van der Waals surface area contributed by atoms with Crippen molar-refractivity contribution in [3.63, 3.8) is 0 Å². The van der Waals surface area contributed by atoms with Gasteiger partial charge in [0.25, 0.3) is 0 Å². The van der Waals surface area contributed by atoms with Crippen LogP contribution in [0.2, 0.25) is 0 Å². The van der Waals surface area contributed by atoms with Crippen molar-refractivity contribution in [2.75, 3.05) is 17.7 Å². The first-order chi connectivity index (χ1) is 9.02. The van der Waals surface area contributed by atoms with Crippen molar-refractivity contribution >= 4 is 33.2 Å². The summed E-state index contributed by atoms with van der Waals surface area (Å²) in [5.74, 6) is -0.0751. The van der Waals surface area contributed by atoms with Crippen LogP contribution in [-0.4, -0.2) is 18.6 Å². The molecule has 1 heterocycles. The lowest BCUT2D eigenvalue weighted by Gasteiger charge is -2.18. The number of rotatable bonds is 3. The standard InChI is InChI=1S/C14H19BrN2O2/c1-3-12-10(4-5-19-12)14(18)17-13-8(2)6-9(15)7-11(13)16/h6-7,10,12H,3-5,16H2,1-2H3,(H,17,18). The zero-order valence-electron chi connectivity index (χ0n) is 11.2. The molecule has 104 valence electrons. The Balaban J connectivity index is 2.15. The summed E-state index contributed by atoms with van der Waals surface area (Å²) < 4.78 is 6.47. The fourth-order valence-corrected chi connectivity index (χ4v) is 3.10. The molecule has 1 saturated heterocycles. The molecule has 2 unspecified atom stereocenters. The SMILES string of the molecule is CCC1OCCC1C(=O)Nc1c(C)cc(Br)cc1N. The molecular weight excluding hydrogens is 308 g/mol. The van der Waals surface area contributed by atoms with Crippen molar-refractivity contribution in [1.82, 2.24) is 0 Å². The minimum absolute atomic E-state index is 0.00136. The quantitative estimate of drug-likeness (QED) is 0.839. The van der Waals surface area contributed by atoms with E-state index < -0.39 is 0 Å². The second-order valence-corrected chi connectivity index (χ2v) is 5.80. The molecule has 2 rings (SSSR count). The molecule has 1 amide bonds. The lowest BCUT2D eigenvalue weighted by atomic mass is 9.98. The van der Waals surface area contributed by atoms with E-state index in [9.17, 15) is 4.79 Å². The number of amides is 1. The van der Waals surface area contributed by atoms with E-state index in [-0.39, 0.29) is 17.9 Å². The summed E-state index contributed by atoms with van der Waals surface area (Å²) in [4.78, 5) is 12.3. The fourth-order valence-electron chi connectivity index (χ4n) is 2.51. The third-order valence-electron chi connectivity index (χ3n) is 3.53. The zero-order valence-corrected chi connectivity index (χ0v) is 12.8. The van der Waals surface area contributed by atoms with Crippen LogP contribution in [0, 0.1) is 12.8 Å². The van der Waals surface area contributed by atoms with E-state index in [1.54, 1.807) is 6.07 Å². The van der Waals surface area contributed by atoms with Crippen LogP contribution in [0.3, 0.4) is 0 Å². The molecule has 5 heteroatoms. The minimum atomic E-state index is -0.0764. The Bertz CT molecular complexity index is 467. The number of nitrogen functional groups attached to an aromatic ring is 1. The van der Waals surface area contributed by atoms with Gasteiger partial charge in [-0.2, -0.15) is 0 Å². The predicted octanol–water partition coefficient (Wildman–Crippen LogP) is 3.09. The maximum absolute atomic E-state index is 12.3. The first kappa shape index (κ1) is 14.3. The van der Waals surface area contributed by atoms with Crippen molar-refractivity contribution in [2.24, 2.45) is 5.92 Å². The van der Waals surface area contributed by atoms with Gasteiger partial charge in [0.05, 0.1) is 23.4 Å². The van der Waals surface area contributed by atoms with Crippen molar-refractivity contribution in [2.45, 2.75) is 32.8 Å².